The van der Waals surface area contributed by atoms with Crippen LogP contribution in [0.15, 0.2) is 71.2 Å². The van der Waals surface area contributed by atoms with Crippen molar-refractivity contribution in [1.29, 1.82) is 0 Å². The summed E-state index contributed by atoms with van der Waals surface area (Å²) >= 11 is 3.61. The summed E-state index contributed by atoms with van der Waals surface area (Å²) in [7, 11) is 1.63. The molecule has 3 nitrogen and oxygen atoms in total. The number of methoxy groups -OCH3 is 1. The topological polar surface area (TPSA) is 30.5 Å². The van der Waals surface area contributed by atoms with Crippen molar-refractivity contribution >= 4 is 15.9 Å². The Kier molecular flexibility index (Phi) is 7.46. The maximum absolute atomic E-state index is 13.8. The number of hydrogen-bond acceptors (Lipinski definition) is 3. The van der Waals surface area contributed by atoms with Crippen LogP contribution in [0.25, 0.3) is 0 Å². The fraction of sp³-hybridized carbons (Fsp3) is 0.217. The predicted octanol–water partition coefficient (Wildman–Crippen LogP) is 5.51. The smallest absolute Gasteiger partial charge is 0.167 e. The summed E-state index contributed by atoms with van der Waals surface area (Å²) < 4.78 is 26.3. The Bertz CT molecular complexity index is 902. The van der Waals surface area contributed by atoms with Gasteiger partial charge in [-0.15, -0.1) is 0 Å². The number of hydrogen-bond donors (Lipinski definition) is 1. The Labute approximate surface area is 173 Å². The lowest BCUT2D eigenvalue weighted by Crippen LogP contribution is -2.18. The van der Waals surface area contributed by atoms with Gasteiger partial charge in [-0.2, -0.15) is 0 Å². The van der Waals surface area contributed by atoms with E-state index in [1.807, 2.05) is 54.6 Å². The molecule has 0 heterocycles. The van der Waals surface area contributed by atoms with Crippen molar-refractivity contribution in [2.24, 2.45) is 0 Å². The Hall–Kier alpha value is -2.37. The summed E-state index contributed by atoms with van der Waals surface area (Å²) in [5.74, 6) is 1.22. The number of rotatable bonds is 9. The Morgan fingerprint density at radius 3 is 2.46 bits per heavy atom. The normalized spacial score (nSPS) is 10.7. The quantitative estimate of drug-likeness (QED) is 0.442. The van der Waals surface area contributed by atoms with E-state index in [-0.39, 0.29) is 5.82 Å². The zero-order valence-corrected chi connectivity index (χ0v) is 17.3. The first-order valence-electron chi connectivity index (χ1n) is 9.15. The van der Waals surface area contributed by atoms with Gasteiger partial charge in [-0.25, -0.2) is 4.39 Å². The monoisotopic (exact) mass is 443 g/mol. The molecule has 0 spiro atoms. The predicted molar refractivity (Wildman–Crippen MR) is 113 cm³/mol. The average Bonchev–Trinajstić information content (AvgIpc) is 2.72. The highest BCUT2D eigenvalue weighted by Crippen LogP contribution is 2.36. The average molecular weight is 444 g/mol. The van der Waals surface area contributed by atoms with Crippen molar-refractivity contribution in [3.05, 3.63) is 93.7 Å². The molecule has 3 rings (SSSR count). The van der Waals surface area contributed by atoms with Crippen molar-refractivity contribution in [2.75, 3.05) is 13.7 Å². The van der Waals surface area contributed by atoms with Crippen molar-refractivity contribution in [1.82, 2.24) is 5.32 Å². The van der Waals surface area contributed by atoms with E-state index in [0.717, 1.165) is 15.6 Å². The SMILES string of the molecule is COc1ccc(Br)c(CNCCc2ccccc2F)c1OCc1ccccc1. The molecule has 1 N–H and O–H groups in total. The number of nitrogens with one attached hydrogen (secondary N) is 1. The molecule has 5 heteroatoms. The van der Waals surface area contributed by atoms with Gasteiger partial charge >= 0.3 is 0 Å². The molecule has 0 radical (unpaired) electrons. The highest BCUT2D eigenvalue weighted by atomic mass is 79.9. The van der Waals surface area contributed by atoms with Crippen LogP contribution >= 0.6 is 15.9 Å². The summed E-state index contributed by atoms with van der Waals surface area (Å²) in [6.45, 7) is 1.69. The van der Waals surface area contributed by atoms with Crippen LogP contribution in [0.3, 0.4) is 0 Å². The van der Waals surface area contributed by atoms with Gasteiger partial charge in [-0.3, -0.25) is 0 Å². The second-order valence-electron chi connectivity index (χ2n) is 6.35. The number of ether oxygens (including phenoxy) is 2. The second kappa shape index (κ2) is 10.2. The minimum Gasteiger partial charge on any atom is -0.493 e. The second-order valence-corrected chi connectivity index (χ2v) is 7.20. The fourth-order valence-electron chi connectivity index (χ4n) is 2.93. The summed E-state index contributed by atoms with van der Waals surface area (Å²) in [4.78, 5) is 0. The van der Waals surface area contributed by atoms with Crippen molar-refractivity contribution in [2.45, 2.75) is 19.6 Å². The third-order valence-electron chi connectivity index (χ3n) is 4.44. The Morgan fingerprint density at radius 1 is 0.964 bits per heavy atom. The lowest BCUT2D eigenvalue weighted by Gasteiger charge is -2.17. The molecule has 146 valence electrons. The van der Waals surface area contributed by atoms with Crippen molar-refractivity contribution in [3.63, 3.8) is 0 Å². The van der Waals surface area contributed by atoms with Gasteiger partial charge < -0.3 is 14.8 Å². The molecular weight excluding hydrogens is 421 g/mol. The van der Waals surface area contributed by atoms with Gasteiger partial charge in [0.15, 0.2) is 11.5 Å². The van der Waals surface area contributed by atoms with Gasteiger partial charge in [-0.1, -0.05) is 64.5 Å². The van der Waals surface area contributed by atoms with Gasteiger partial charge in [-0.05, 0) is 42.3 Å². The first kappa shape index (κ1) is 20.4. The van der Waals surface area contributed by atoms with Crippen LogP contribution < -0.4 is 14.8 Å². The van der Waals surface area contributed by atoms with E-state index in [1.54, 1.807) is 13.2 Å². The van der Waals surface area contributed by atoms with Crippen LogP contribution in [0.1, 0.15) is 16.7 Å². The number of benzene rings is 3. The molecule has 28 heavy (non-hydrogen) atoms. The minimum atomic E-state index is -0.168. The molecule has 3 aromatic carbocycles. The molecule has 3 aromatic rings. The third kappa shape index (κ3) is 5.33. The Balaban J connectivity index is 1.67. The molecule has 0 aliphatic carbocycles. The maximum atomic E-state index is 13.8. The minimum absolute atomic E-state index is 0.168. The standard InChI is InChI=1S/C23H23BrFNO2/c1-27-22-12-11-20(24)19(23(22)28-16-17-7-3-2-4-8-17)15-26-14-13-18-9-5-6-10-21(18)25/h2-12,26H,13-16H2,1H3. The van der Waals surface area contributed by atoms with E-state index >= 15 is 0 Å². The Morgan fingerprint density at radius 2 is 1.71 bits per heavy atom. The molecule has 0 atom stereocenters. The lowest BCUT2D eigenvalue weighted by atomic mass is 10.1. The van der Waals surface area contributed by atoms with E-state index in [1.165, 1.54) is 6.07 Å². The molecule has 0 aliphatic rings. The third-order valence-corrected chi connectivity index (χ3v) is 5.19. The summed E-state index contributed by atoms with van der Waals surface area (Å²) in [5, 5.41) is 3.38. The summed E-state index contributed by atoms with van der Waals surface area (Å²) in [5.41, 5.74) is 2.77. The van der Waals surface area contributed by atoms with Crippen LogP contribution in [0, 0.1) is 5.82 Å². The molecule has 0 saturated carbocycles. The van der Waals surface area contributed by atoms with Crippen LogP contribution in [-0.4, -0.2) is 13.7 Å². The maximum Gasteiger partial charge on any atom is 0.167 e. The lowest BCUT2D eigenvalue weighted by molar-refractivity contribution is 0.280. The first-order valence-corrected chi connectivity index (χ1v) is 9.94. The molecule has 0 fully saturated rings. The van der Waals surface area contributed by atoms with Gasteiger partial charge in [0.05, 0.1) is 7.11 Å². The molecule has 0 saturated heterocycles. The van der Waals surface area contributed by atoms with Gasteiger partial charge in [0.25, 0.3) is 0 Å². The van der Waals surface area contributed by atoms with Gasteiger partial charge in [0, 0.05) is 16.6 Å². The zero-order valence-electron chi connectivity index (χ0n) is 15.8. The van der Waals surface area contributed by atoms with Crippen LogP contribution in [-0.2, 0) is 19.6 Å². The van der Waals surface area contributed by atoms with Crippen molar-refractivity contribution < 1.29 is 13.9 Å². The van der Waals surface area contributed by atoms with Crippen LogP contribution in [0.5, 0.6) is 11.5 Å². The van der Waals surface area contributed by atoms with E-state index in [2.05, 4.69) is 21.2 Å². The van der Waals surface area contributed by atoms with Crippen LogP contribution in [0.4, 0.5) is 4.39 Å². The highest BCUT2D eigenvalue weighted by Gasteiger charge is 2.15. The van der Waals surface area contributed by atoms with E-state index in [9.17, 15) is 4.39 Å². The molecular formula is C23H23BrFNO2. The number of halogens is 2. The summed E-state index contributed by atoms with van der Waals surface area (Å²) in [6.07, 6.45) is 0.620. The zero-order chi connectivity index (χ0) is 19.8. The van der Waals surface area contributed by atoms with E-state index < -0.39 is 0 Å². The summed E-state index contributed by atoms with van der Waals surface area (Å²) in [6, 6.07) is 20.7. The first-order chi connectivity index (χ1) is 13.7. The highest BCUT2D eigenvalue weighted by molar-refractivity contribution is 9.10. The molecule has 0 aromatic heterocycles. The molecule has 0 bridgehead atoms. The van der Waals surface area contributed by atoms with E-state index in [0.29, 0.717) is 43.2 Å². The molecule has 0 aliphatic heterocycles. The van der Waals surface area contributed by atoms with E-state index in [4.69, 9.17) is 9.47 Å². The largest absolute Gasteiger partial charge is 0.493 e. The molecule has 0 amide bonds. The fourth-order valence-corrected chi connectivity index (χ4v) is 3.39. The molecule has 0 unspecified atom stereocenters. The van der Waals surface area contributed by atoms with Gasteiger partial charge in [0.2, 0.25) is 0 Å². The van der Waals surface area contributed by atoms with Gasteiger partial charge in [0.1, 0.15) is 12.4 Å². The van der Waals surface area contributed by atoms with Crippen LogP contribution in [0.2, 0.25) is 0 Å². The van der Waals surface area contributed by atoms with Crippen molar-refractivity contribution in [3.8, 4) is 11.5 Å².